The Labute approximate surface area is 187 Å². The van der Waals surface area contributed by atoms with E-state index in [0.29, 0.717) is 24.7 Å². The summed E-state index contributed by atoms with van der Waals surface area (Å²) in [6, 6.07) is 15.3. The largest absolute Gasteiger partial charge is 0.489 e. The van der Waals surface area contributed by atoms with Gasteiger partial charge in [-0.15, -0.1) is 0 Å². The van der Waals surface area contributed by atoms with Crippen molar-refractivity contribution in [2.45, 2.75) is 50.8 Å². The number of nitrogens with one attached hydrogen (secondary N) is 2. The van der Waals surface area contributed by atoms with Gasteiger partial charge in [0.05, 0.1) is 0 Å². The third-order valence-electron chi connectivity index (χ3n) is 6.02. The highest BCUT2D eigenvalue weighted by Gasteiger charge is 2.51. The predicted octanol–water partition coefficient (Wildman–Crippen LogP) is 4.26. The molecule has 1 spiro atoms. The van der Waals surface area contributed by atoms with Crippen molar-refractivity contribution in [2.75, 3.05) is 13.1 Å². The maximum Gasteiger partial charge on any atom is 0.325 e. The molecule has 1 heterocycles. The van der Waals surface area contributed by atoms with E-state index in [1.165, 1.54) is 4.90 Å². The summed E-state index contributed by atoms with van der Waals surface area (Å²) in [5.41, 5.74) is 1.44. The molecule has 3 amide bonds. The zero-order valence-corrected chi connectivity index (χ0v) is 18.3. The summed E-state index contributed by atoms with van der Waals surface area (Å²) in [5, 5.41) is 7.00. The van der Waals surface area contributed by atoms with Gasteiger partial charge in [-0.25, -0.2) is 4.79 Å². The molecule has 4 rings (SSSR count). The third-order valence-corrected chi connectivity index (χ3v) is 6.39. The molecule has 0 bridgehead atoms. The van der Waals surface area contributed by atoms with E-state index in [0.717, 1.165) is 55.5 Å². The topological polar surface area (TPSA) is 70.7 Å². The maximum absolute atomic E-state index is 12.6. The second-order valence-electron chi connectivity index (χ2n) is 8.23. The number of carbonyl (C=O) groups is 2. The van der Waals surface area contributed by atoms with Gasteiger partial charge in [-0.3, -0.25) is 9.69 Å². The standard InChI is InChI=1S/C24H28ClN3O3/c25-21-10-2-1-8-19(21)17-31-20-9-5-7-18(15-20)16-26-13-6-14-28-22(29)24(27-23(28)30)11-3-4-12-24/h1-2,5,7-10,15,26H,3-4,6,11-14,16-17H2,(H,27,30). The van der Waals surface area contributed by atoms with Gasteiger partial charge in [-0.2, -0.15) is 0 Å². The summed E-state index contributed by atoms with van der Waals surface area (Å²) in [5.74, 6) is 0.749. The number of ether oxygens (including phenoxy) is 1. The van der Waals surface area contributed by atoms with Gasteiger partial charge in [0.25, 0.3) is 5.91 Å². The highest BCUT2D eigenvalue weighted by molar-refractivity contribution is 6.31. The van der Waals surface area contributed by atoms with Gasteiger partial charge in [0.15, 0.2) is 0 Å². The minimum absolute atomic E-state index is 0.0432. The van der Waals surface area contributed by atoms with E-state index in [1.54, 1.807) is 0 Å². The summed E-state index contributed by atoms with van der Waals surface area (Å²) in [4.78, 5) is 26.2. The fraction of sp³-hybridized carbons (Fsp3) is 0.417. The molecular formula is C24H28ClN3O3. The quantitative estimate of drug-likeness (QED) is 0.450. The minimum Gasteiger partial charge on any atom is -0.489 e. The molecule has 2 aromatic rings. The van der Waals surface area contributed by atoms with Gasteiger partial charge in [-0.1, -0.05) is 54.8 Å². The van der Waals surface area contributed by atoms with E-state index < -0.39 is 5.54 Å². The Kier molecular flexibility index (Phi) is 6.78. The Hall–Kier alpha value is -2.57. The lowest BCUT2D eigenvalue weighted by molar-refractivity contribution is -0.131. The molecule has 2 aliphatic rings. The van der Waals surface area contributed by atoms with Crippen LogP contribution in [0.1, 0.15) is 43.2 Å². The number of nitrogens with zero attached hydrogens (tertiary/aromatic N) is 1. The van der Waals surface area contributed by atoms with Crippen LogP contribution in [0.5, 0.6) is 5.75 Å². The summed E-state index contributed by atoms with van der Waals surface area (Å²) in [6.45, 7) is 2.27. The van der Waals surface area contributed by atoms with Gasteiger partial charge < -0.3 is 15.4 Å². The molecule has 6 nitrogen and oxygen atoms in total. The van der Waals surface area contributed by atoms with Crippen molar-refractivity contribution in [1.29, 1.82) is 0 Å². The van der Waals surface area contributed by atoms with Crippen LogP contribution in [0.25, 0.3) is 0 Å². The van der Waals surface area contributed by atoms with Gasteiger partial charge in [0, 0.05) is 23.7 Å². The fourth-order valence-electron chi connectivity index (χ4n) is 4.31. The Morgan fingerprint density at radius 1 is 1.10 bits per heavy atom. The molecule has 0 aromatic heterocycles. The molecule has 2 aromatic carbocycles. The third kappa shape index (κ3) is 5.02. The SMILES string of the molecule is O=C1NC2(CCCC2)C(=O)N1CCCNCc1cccc(OCc2ccccc2Cl)c1. The molecule has 31 heavy (non-hydrogen) atoms. The number of rotatable bonds is 9. The Balaban J connectivity index is 1.20. The van der Waals surface area contributed by atoms with E-state index in [2.05, 4.69) is 10.6 Å². The van der Waals surface area contributed by atoms with Crippen LogP contribution in [0.3, 0.4) is 0 Å². The van der Waals surface area contributed by atoms with Gasteiger partial charge in [-0.05, 0) is 49.6 Å². The number of benzene rings is 2. The van der Waals surface area contributed by atoms with E-state index in [-0.39, 0.29) is 11.9 Å². The van der Waals surface area contributed by atoms with Crippen LogP contribution in [0.15, 0.2) is 48.5 Å². The number of hydrogen-bond donors (Lipinski definition) is 2. The lowest BCUT2D eigenvalue weighted by Gasteiger charge is -2.20. The van der Waals surface area contributed by atoms with Crippen molar-refractivity contribution < 1.29 is 14.3 Å². The first-order valence-corrected chi connectivity index (χ1v) is 11.3. The second kappa shape index (κ2) is 9.71. The second-order valence-corrected chi connectivity index (χ2v) is 8.64. The van der Waals surface area contributed by atoms with Gasteiger partial charge >= 0.3 is 6.03 Å². The van der Waals surface area contributed by atoms with Crippen molar-refractivity contribution in [3.05, 3.63) is 64.7 Å². The van der Waals surface area contributed by atoms with Gasteiger partial charge in [0.1, 0.15) is 17.9 Å². The predicted molar refractivity (Wildman–Crippen MR) is 120 cm³/mol. The van der Waals surface area contributed by atoms with E-state index in [4.69, 9.17) is 16.3 Å². The lowest BCUT2D eigenvalue weighted by Crippen LogP contribution is -2.44. The van der Waals surface area contributed by atoms with Crippen LogP contribution >= 0.6 is 11.6 Å². The first-order valence-electron chi connectivity index (χ1n) is 10.9. The van der Waals surface area contributed by atoms with Crippen molar-refractivity contribution in [3.63, 3.8) is 0 Å². The molecule has 1 aliphatic heterocycles. The maximum atomic E-state index is 12.6. The van der Waals surface area contributed by atoms with E-state index in [9.17, 15) is 9.59 Å². The average molecular weight is 442 g/mol. The van der Waals surface area contributed by atoms with Crippen LogP contribution in [0.2, 0.25) is 5.02 Å². The molecule has 2 N–H and O–H groups in total. The molecule has 164 valence electrons. The summed E-state index contributed by atoms with van der Waals surface area (Å²) < 4.78 is 5.88. The molecule has 7 heteroatoms. The first-order chi connectivity index (χ1) is 15.1. The van der Waals surface area contributed by atoms with Crippen LogP contribution in [-0.4, -0.2) is 35.5 Å². The van der Waals surface area contributed by atoms with E-state index >= 15 is 0 Å². The molecule has 2 fully saturated rings. The molecule has 1 aliphatic carbocycles. The number of hydrogen-bond acceptors (Lipinski definition) is 4. The van der Waals surface area contributed by atoms with Crippen molar-refractivity contribution in [3.8, 4) is 5.75 Å². The molecule has 0 atom stereocenters. The van der Waals surface area contributed by atoms with E-state index in [1.807, 2.05) is 48.5 Å². The zero-order valence-electron chi connectivity index (χ0n) is 17.5. The van der Waals surface area contributed by atoms with Crippen molar-refractivity contribution in [2.24, 2.45) is 0 Å². The van der Waals surface area contributed by atoms with Crippen LogP contribution in [-0.2, 0) is 17.9 Å². The highest BCUT2D eigenvalue weighted by atomic mass is 35.5. The smallest absolute Gasteiger partial charge is 0.325 e. The molecule has 0 radical (unpaired) electrons. The first kappa shape index (κ1) is 21.7. The van der Waals surface area contributed by atoms with Crippen molar-refractivity contribution >= 4 is 23.5 Å². The number of halogens is 1. The highest BCUT2D eigenvalue weighted by Crippen LogP contribution is 2.35. The summed E-state index contributed by atoms with van der Waals surface area (Å²) >= 11 is 6.18. The fourth-order valence-corrected chi connectivity index (χ4v) is 4.50. The normalized spacial score (nSPS) is 17.4. The zero-order chi connectivity index (χ0) is 21.7. The lowest BCUT2D eigenvalue weighted by atomic mass is 9.98. The summed E-state index contributed by atoms with van der Waals surface area (Å²) in [6.07, 6.45) is 4.26. The molecule has 0 unspecified atom stereocenters. The van der Waals surface area contributed by atoms with Crippen LogP contribution in [0.4, 0.5) is 4.79 Å². The average Bonchev–Trinajstić information content (AvgIpc) is 3.33. The number of amides is 3. The molecular weight excluding hydrogens is 414 g/mol. The monoisotopic (exact) mass is 441 g/mol. The summed E-state index contributed by atoms with van der Waals surface area (Å²) in [7, 11) is 0. The number of carbonyl (C=O) groups excluding carboxylic acids is 2. The van der Waals surface area contributed by atoms with Crippen molar-refractivity contribution in [1.82, 2.24) is 15.5 Å². The Morgan fingerprint density at radius 3 is 2.71 bits per heavy atom. The van der Waals surface area contributed by atoms with Gasteiger partial charge in [0.2, 0.25) is 0 Å². The Bertz CT molecular complexity index is 943. The molecule has 1 saturated heterocycles. The minimum atomic E-state index is -0.616. The number of urea groups is 1. The molecule has 1 saturated carbocycles. The number of imide groups is 1. The van der Waals surface area contributed by atoms with Crippen LogP contribution in [0, 0.1) is 0 Å². The van der Waals surface area contributed by atoms with Crippen LogP contribution < -0.4 is 15.4 Å². The Morgan fingerprint density at radius 2 is 1.90 bits per heavy atom.